The lowest BCUT2D eigenvalue weighted by Gasteiger charge is -2.36. The van der Waals surface area contributed by atoms with E-state index in [0.717, 1.165) is 56.4 Å². The van der Waals surface area contributed by atoms with Crippen molar-refractivity contribution >= 4 is 29.0 Å². The number of alkyl halides is 3. The van der Waals surface area contributed by atoms with Crippen LogP contribution in [-0.2, 0) is 16.8 Å². The molecule has 0 saturated carbocycles. The van der Waals surface area contributed by atoms with Gasteiger partial charge in [-0.2, -0.15) is 23.4 Å². The van der Waals surface area contributed by atoms with Crippen molar-refractivity contribution in [1.29, 1.82) is 0 Å². The Bertz CT molecular complexity index is 2610. The Morgan fingerprint density at radius 1 is 1.03 bits per heavy atom. The fourth-order valence-corrected chi connectivity index (χ4v) is 7.44. The van der Waals surface area contributed by atoms with Gasteiger partial charge >= 0.3 is 12.2 Å². The molecule has 3 N–H and O–H groups in total. The largest absolute Gasteiger partial charge is 0.401 e. The van der Waals surface area contributed by atoms with Crippen molar-refractivity contribution in [2.45, 2.75) is 77.1 Å². The fraction of sp³-hybridized carbons (Fsp3) is 0.375. The zero-order valence-corrected chi connectivity index (χ0v) is 33.0. The van der Waals surface area contributed by atoms with Gasteiger partial charge in [0.15, 0.2) is 17.3 Å². The number of carbonyl (C=O) groups is 3. The van der Waals surface area contributed by atoms with Gasteiger partial charge in [0.2, 0.25) is 11.7 Å². The van der Waals surface area contributed by atoms with Crippen LogP contribution >= 0.6 is 0 Å². The third-order valence-electron chi connectivity index (χ3n) is 11.3. The minimum Gasteiger partial charge on any atom is -0.350 e. The van der Waals surface area contributed by atoms with Crippen molar-refractivity contribution in [2.24, 2.45) is 0 Å². The second-order valence-electron chi connectivity index (χ2n) is 15.5. The Balaban J connectivity index is 0.869. The van der Waals surface area contributed by atoms with Gasteiger partial charge in [-0.1, -0.05) is 23.4 Å². The molecular formula is C40H40F4N12O4. The lowest BCUT2D eigenvalue weighted by atomic mass is 9.89. The molecule has 6 aromatic rings. The molecule has 1 aromatic carbocycles. The number of aromatic amines is 1. The number of nitrogens with one attached hydrogen (secondary N) is 3. The third kappa shape index (κ3) is 7.69. The van der Waals surface area contributed by atoms with Crippen LogP contribution in [0.5, 0.6) is 0 Å². The quantitative estimate of drug-likeness (QED) is 0.134. The highest BCUT2D eigenvalue weighted by atomic mass is 19.4. The van der Waals surface area contributed by atoms with Crippen molar-refractivity contribution in [3.8, 4) is 22.6 Å². The highest BCUT2D eigenvalue weighted by Gasteiger charge is 2.51. The summed E-state index contributed by atoms with van der Waals surface area (Å²) in [6.45, 7) is 7.37. The maximum absolute atomic E-state index is 15.8. The number of aromatic nitrogens is 8. The Hall–Kier alpha value is -6.57. The van der Waals surface area contributed by atoms with E-state index >= 15 is 4.39 Å². The molecule has 7 heterocycles. The average molecular weight is 829 g/mol. The molecule has 312 valence electrons. The van der Waals surface area contributed by atoms with Gasteiger partial charge in [-0.25, -0.2) is 28.7 Å². The van der Waals surface area contributed by atoms with Crippen LogP contribution in [0.3, 0.4) is 0 Å². The summed E-state index contributed by atoms with van der Waals surface area (Å²) in [6.07, 6.45) is 2.59. The van der Waals surface area contributed by atoms with Crippen LogP contribution in [0.2, 0.25) is 0 Å². The third-order valence-corrected chi connectivity index (χ3v) is 11.3. The highest BCUT2D eigenvalue weighted by Crippen LogP contribution is 2.39. The molecule has 0 radical (unpaired) electrons. The van der Waals surface area contributed by atoms with E-state index in [1.54, 1.807) is 29.8 Å². The smallest absolute Gasteiger partial charge is 0.350 e. The predicted octanol–water partition coefficient (Wildman–Crippen LogP) is 6.17. The number of urea groups is 1. The molecule has 0 bridgehead atoms. The molecule has 0 aliphatic carbocycles. The molecule has 5 aromatic heterocycles. The van der Waals surface area contributed by atoms with Crippen LogP contribution in [0.4, 0.5) is 28.0 Å². The molecule has 16 nitrogen and oxygen atoms in total. The number of carbonyl (C=O) groups excluding carboxylic acids is 3. The van der Waals surface area contributed by atoms with Gasteiger partial charge in [0.25, 0.3) is 5.91 Å². The minimum atomic E-state index is -4.57. The maximum Gasteiger partial charge on any atom is 0.401 e. The van der Waals surface area contributed by atoms with Crippen LogP contribution in [0.15, 0.2) is 59.5 Å². The number of nitrogens with zero attached hydrogens (tertiary/aromatic N) is 9. The standard InChI is InChI=1S/C40H40F4N12O4/c1-21-27(17-45-35(48-21)29-16-32(60-53-29)36(58)46-19-33-49-37(52-51-33)39(3,4)40(42,43)44)26-7-5-24(15-28(26)41)22(2)54-12-9-23(10-13-54)25-6-8-30-31(18-47-56(30)20-25)55-14-11-34(57)50-38(55)59/h5-8,15-18,20,22-23H,9-14,19H2,1-4H3,(H,46,58)(H,49,51,52)(H,50,57,59). The van der Waals surface area contributed by atoms with E-state index in [2.05, 4.69) is 63.9 Å². The number of hydrogen-bond donors (Lipinski definition) is 3. The van der Waals surface area contributed by atoms with Crippen LogP contribution in [0, 0.1) is 12.7 Å². The van der Waals surface area contributed by atoms with Crippen LogP contribution in [0.25, 0.3) is 28.2 Å². The highest BCUT2D eigenvalue weighted by molar-refractivity contribution is 6.07. The predicted molar refractivity (Wildman–Crippen MR) is 207 cm³/mol. The molecular weight excluding hydrogens is 789 g/mol. The van der Waals surface area contributed by atoms with E-state index in [1.807, 2.05) is 18.3 Å². The van der Waals surface area contributed by atoms with Crippen molar-refractivity contribution < 1.29 is 36.5 Å². The Morgan fingerprint density at radius 3 is 2.53 bits per heavy atom. The monoisotopic (exact) mass is 828 g/mol. The van der Waals surface area contributed by atoms with Gasteiger partial charge in [-0.05, 0) is 82.8 Å². The summed E-state index contributed by atoms with van der Waals surface area (Å²) in [5.41, 5.74) is 2.55. The van der Waals surface area contributed by atoms with Crippen molar-refractivity contribution in [2.75, 3.05) is 24.5 Å². The number of aryl methyl sites for hydroxylation is 1. The summed E-state index contributed by atoms with van der Waals surface area (Å²) < 4.78 is 62.8. The molecule has 60 heavy (non-hydrogen) atoms. The number of imide groups is 1. The summed E-state index contributed by atoms with van der Waals surface area (Å²) in [6, 6.07) is 10.0. The summed E-state index contributed by atoms with van der Waals surface area (Å²) in [7, 11) is 0. The van der Waals surface area contributed by atoms with E-state index < -0.39 is 35.2 Å². The minimum absolute atomic E-state index is 0.0192. The first kappa shape index (κ1) is 40.2. The Kier molecular flexibility index (Phi) is 10.4. The number of hydrogen-bond acceptors (Lipinski definition) is 11. The Labute approximate surface area is 339 Å². The number of anilines is 1. The maximum atomic E-state index is 15.8. The summed E-state index contributed by atoms with van der Waals surface area (Å²) >= 11 is 0. The van der Waals surface area contributed by atoms with Gasteiger partial charge in [0.1, 0.15) is 17.1 Å². The van der Waals surface area contributed by atoms with E-state index in [9.17, 15) is 27.6 Å². The van der Waals surface area contributed by atoms with Crippen LogP contribution < -0.4 is 15.5 Å². The van der Waals surface area contributed by atoms with E-state index in [0.29, 0.717) is 35.0 Å². The van der Waals surface area contributed by atoms with Gasteiger partial charge in [0.05, 0.1) is 23.9 Å². The number of likely N-dealkylation sites (tertiary alicyclic amines) is 1. The van der Waals surface area contributed by atoms with Crippen LogP contribution in [-0.4, -0.2) is 88.5 Å². The summed E-state index contributed by atoms with van der Waals surface area (Å²) in [5.74, 6) is -1.60. The van der Waals surface area contributed by atoms with Gasteiger partial charge in [-0.15, -0.1) is 0 Å². The number of halogens is 4. The number of amides is 4. The summed E-state index contributed by atoms with van der Waals surface area (Å²) in [5, 5.41) is 19.3. The van der Waals surface area contributed by atoms with E-state index in [4.69, 9.17) is 4.52 Å². The number of fused-ring (bicyclic) bond motifs is 1. The SMILES string of the molecule is Cc1nc(-c2cc(C(=O)NCc3nc(C(C)(C)C(F)(F)F)n[nH]3)on2)ncc1-c1ccc(C(C)N2CCC(c3ccc4c(N5CCC(=O)NC5=O)cnn4c3)CC2)cc1F. The zero-order valence-electron chi connectivity index (χ0n) is 33.0. The lowest BCUT2D eigenvalue weighted by molar-refractivity contribution is -0.182. The first-order valence-electron chi connectivity index (χ1n) is 19.3. The molecule has 2 fully saturated rings. The molecule has 2 aliphatic rings. The van der Waals surface area contributed by atoms with Crippen LogP contribution in [0.1, 0.15) is 91.0 Å². The molecule has 8 rings (SSSR count). The van der Waals surface area contributed by atoms with Gasteiger partial charge in [0, 0.05) is 54.3 Å². The van der Waals surface area contributed by atoms with Crippen molar-refractivity contribution in [1.82, 2.24) is 55.5 Å². The van der Waals surface area contributed by atoms with Gasteiger partial charge < -0.3 is 9.84 Å². The number of piperidine rings is 1. The number of pyridine rings is 1. The molecule has 20 heteroatoms. The van der Waals surface area contributed by atoms with Crippen molar-refractivity contribution in [3.05, 3.63) is 95.0 Å². The second-order valence-corrected chi connectivity index (χ2v) is 15.5. The second kappa shape index (κ2) is 15.6. The first-order chi connectivity index (χ1) is 28.6. The molecule has 4 amide bonds. The molecule has 2 aliphatic heterocycles. The van der Waals surface area contributed by atoms with E-state index in [-0.39, 0.29) is 48.0 Å². The number of rotatable bonds is 10. The van der Waals surface area contributed by atoms with Gasteiger partial charge in [-0.3, -0.25) is 29.8 Å². The molecule has 1 unspecified atom stereocenters. The fourth-order valence-electron chi connectivity index (χ4n) is 7.44. The Morgan fingerprint density at radius 2 is 1.82 bits per heavy atom. The number of H-pyrrole nitrogens is 1. The number of benzene rings is 1. The van der Waals surface area contributed by atoms with E-state index in [1.165, 1.54) is 17.2 Å². The lowest BCUT2D eigenvalue weighted by Crippen LogP contribution is -2.49. The summed E-state index contributed by atoms with van der Waals surface area (Å²) in [4.78, 5) is 53.3. The zero-order chi connectivity index (χ0) is 42.5. The normalized spacial score (nSPS) is 16.4. The molecule has 2 saturated heterocycles. The molecule has 1 atom stereocenters. The topological polar surface area (TPSA) is 192 Å². The molecule has 0 spiro atoms. The average Bonchev–Trinajstić information content (AvgIpc) is 4.01. The first-order valence-corrected chi connectivity index (χ1v) is 19.3. The van der Waals surface area contributed by atoms with Crippen molar-refractivity contribution in [3.63, 3.8) is 0 Å².